The number of hydrogen-bond acceptors (Lipinski definition) is 1. The standard InChI is InChI=1S/C24H21F2NO.ClH/c25-22-9-8-18-10-15(11-21(18)13-22)4-5-16-6-7-19(14-23(16)26)17-2-1-3-20(12-17)24(27)28;/h1-3,6-9,12-15H,4-5,10-11H2,(H2,27,28);1H/t15-;/m1./s1. The molecule has 0 saturated carbocycles. The largest absolute Gasteiger partial charge is 0.366 e. The average molecular weight is 414 g/mol. The number of aryl methyl sites for hydroxylation is 1. The van der Waals surface area contributed by atoms with E-state index in [1.165, 1.54) is 17.7 Å². The van der Waals surface area contributed by atoms with Crippen LogP contribution in [0.25, 0.3) is 11.1 Å². The lowest BCUT2D eigenvalue weighted by atomic mass is 9.95. The van der Waals surface area contributed by atoms with Crippen molar-refractivity contribution in [2.75, 3.05) is 0 Å². The first kappa shape index (κ1) is 21.0. The number of carbonyl (C=O) groups is 1. The molecule has 0 bridgehead atoms. The van der Waals surface area contributed by atoms with Crippen molar-refractivity contribution in [3.63, 3.8) is 0 Å². The Morgan fingerprint density at radius 1 is 0.931 bits per heavy atom. The number of carbonyl (C=O) groups excluding carboxylic acids is 1. The second-order valence-electron chi connectivity index (χ2n) is 7.48. The van der Waals surface area contributed by atoms with Crippen LogP contribution in [0.2, 0.25) is 0 Å². The quantitative estimate of drug-likeness (QED) is 0.589. The summed E-state index contributed by atoms with van der Waals surface area (Å²) in [5, 5.41) is 0. The van der Waals surface area contributed by atoms with Crippen LogP contribution in [-0.2, 0) is 19.3 Å². The van der Waals surface area contributed by atoms with Gasteiger partial charge in [-0.2, -0.15) is 0 Å². The Morgan fingerprint density at radius 3 is 2.45 bits per heavy atom. The molecule has 0 unspecified atom stereocenters. The van der Waals surface area contributed by atoms with Gasteiger partial charge in [-0.25, -0.2) is 8.78 Å². The Balaban J connectivity index is 0.00000240. The normalized spacial score (nSPS) is 14.9. The van der Waals surface area contributed by atoms with Crippen LogP contribution in [0, 0.1) is 17.6 Å². The predicted octanol–water partition coefficient (Wildman–Crippen LogP) is 5.50. The molecule has 0 aliphatic heterocycles. The van der Waals surface area contributed by atoms with Gasteiger partial charge in [0, 0.05) is 5.56 Å². The van der Waals surface area contributed by atoms with Gasteiger partial charge < -0.3 is 5.73 Å². The molecule has 29 heavy (non-hydrogen) atoms. The van der Waals surface area contributed by atoms with E-state index in [1.54, 1.807) is 24.3 Å². The van der Waals surface area contributed by atoms with E-state index in [-0.39, 0.29) is 24.0 Å². The van der Waals surface area contributed by atoms with Gasteiger partial charge in [0.1, 0.15) is 11.6 Å². The SMILES string of the molecule is Cl.NC(=O)c1cccc(-c2ccc(CC[C@@H]3Cc4ccc(F)cc4C3)c(F)c2)c1. The molecule has 2 N–H and O–H groups in total. The summed E-state index contributed by atoms with van der Waals surface area (Å²) in [6.07, 6.45) is 3.29. The number of benzene rings is 3. The van der Waals surface area contributed by atoms with Crippen LogP contribution in [0.4, 0.5) is 8.78 Å². The maximum absolute atomic E-state index is 14.6. The van der Waals surface area contributed by atoms with Crippen molar-refractivity contribution in [2.24, 2.45) is 11.7 Å². The van der Waals surface area contributed by atoms with Crippen molar-refractivity contribution in [3.8, 4) is 11.1 Å². The van der Waals surface area contributed by atoms with Crippen LogP contribution < -0.4 is 5.73 Å². The van der Waals surface area contributed by atoms with E-state index in [0.29, 0.717) is 29.0 Å². The van der Waals surface area contributed by atoms with Crippen LogP contribution >= 0.6 is 12.4 Å². The van der Waals surface area contributed by atoms with Gasteiger partial charge in [0.05, 0.1) is 0 Å². The molecule has 1 atom stereocenters. The van der Waals surface area contributed by atoms with Crippen molar-refractivity contribution in [3.05, 3.63) is 94.6 Å². The molecule has 0 saturated heterocycles. The first-order valence-electron chi connectivity index (χ1n) is 9.45. The number of nitrogens with two attached hydrogens (primary N) is 1. The molecule has 4 rings (SSSR count). The molecule has 0 spiro atoms. The van der Waals surface area contributed by atoms with E-state index in [0.717, 1.165) is 30.4 Å². The van der Waals surface area contributed by atoms with E-state index in [2.05, 4.69) is 0 Å². The smallest absolute Gasteiger partial charge is 0.248 e. The number of fused-ring (bicyclic) bond motifs is 1. The topological polar surface area (TPSA) is 43.1 Å². The summed E-state index contributed by atoms with van der Waals surface area (Å²) in [5.74, 6) is -0.524. The lowest BCUT2D eigenvalue weighted by Gasteiger charge is -2.11. The number of hydrogen-bond donors (Lipinski definition) is 1. The zero-order chi connectivity index (χ0) is 19.7. The Kier molecular flexibility index (Phi) is 6.33. The van der Waals surface area contributed by atoms with Crippen molar-refractivity contribution in [2.45, 2.75) is 25.7 Å². The van der Waals surface area contributed by atoms with Crippen molar-refractivity contribution >= 4 is 18.3 Å². The Morgan fingerprint density at radius 2 is 1.69 bits per heavy atom. The second-order valence-corrected chi connectivity index (χ2v) is 7.48. The fourth-order valence-electron chi connectivity index (χ4n) is 4.02. The van der Waals surface area contributed by atoms with Gasteiger partial charge in [0.15, 0.2) is 0 Å². The third kappa shape index (κ3) is 4.65. The molecule has 1 amide bonds. The molecule has 0 aromatic heterocycles. The summed E-state index contributed by atoms with van der Waals surface area (Å²) >= 11 is 0. The van der Waals surface area contributed by atoms with E-state index in [9.17, 15) is 13.6 Å². The van der Waals surface area contributed by atoms with E-state index in [1.807, 2.05) is 24.3 Å². The summed E-state index contributed by atoms with van der Waals surface area (Å²) in [4.78, 5) is 11.3. The van der Waals surface area contributed by atoms with Crippen molar-refractivity contribution in [1.82, 2.24) is 0 Å². The van der Waals surface area contributed by atoms with Crippen molar-refractivity contribution < 1.29 is 13.6 Å². The molecule has 2 nitrogen and oxygen atoms in total. The minimum atomic E-state index is -0.503. The zero-order valence-corrected chi connectivity index (χ0v) is 16.6. The van der Waals surface area contributed by atoms with Crippen LogP contribution in [0.3, 0.4) is 0 Å². The van der Waals surface area contributed by atoms with Crippen LogP contribution in [-0.4, -0.2) is 5.91 Å². The van der Waals surface area contributed by atoms with Crippen molar-refractivity contribution in [1.29, 1.82) is 0 Å². The summed E-state index contributed by atoms with van der Waals surface area (Å²) in [7, 11) is 0. The fraction of sp³-hybridized carbons (Fsp3) is 0.208. The number of primary amides is 1. The highest BCUT2D eigenvalue weighted by molar-refractivity contribution is 5.94. The molecule has 0 heterocycles. The molecule has 3 aromatic carbocycles. The average Bonchev–Trinajstić information content (AvgIpc) is 3.09. The van der Waals surface area contributed by atoms with Gasteiger partial charge in [-0.1, -0.05) is 30.3 Å². The van der Waals surface area contributed by atoms with Crippen LogP contribution in [0.15, 0.2) is 60.7 Å². The maximum Gasteiger partial charge on any atom is 0.248 e. The van der Waals surface area contributed by atoms with Gasteiger partial charge in [-0.05, 0) is 89.8 Å². The molecule has 150 valence electrons. The zero-order valence-electron chi connectivity index (χ0n) is 15.8. The molecule has 1 aliphatic rings. The summed E-state index contributed by atoms with van der Waals surface area (Å²) in [6, 6.07) is 17.1. The minimum Gasteiger partial charge on any atom is -0.366 e. The monoisotopic (exact) mass is 413 g/mol. The molecular weight excluding hydrogens is 392 g/mol. The first-order chi connectivity index (χ1) is 13.5. The Labute approximate surface area is 175 Å². The Bertz CT molecular complexity index is 1050. The summed E-state index contributed by atoms with van der Waals surface area (Å²) in [5.41, 5.74) is 10.2. The third-order valence-electron chi connectivity index (χ3n) is 5.54. The van der Waals surface area contributed by atoms with Gasteiger partial charge in [-0.15, -0.1) is 12.4 Å². The van der Waals surface area contributed by atoms with E-state index < -0.39 is 5.91 Å². The Hall–Kier alpha value is -2.72. The molecule has 5 heteroatoms. The lowest BCUT2D eigenvalue weighted by Crippen LogP contribution is -2.10. The molecule has 0 radical (unpaired) electrons. The fourth-order valence-corrected chi connectivity index (χ4v) is 4.02. The highest BCUT2D eigenvalue weighted by Gasteiger charge is 2.22. The minimum absolute atomic E-state index is 0. The summed E-state index contributed by atoms with van der Waals surface area (Å²) < 4.78 is 28.0. The van der Waals surface area contributed by atoms with Crippen LogP contribution in [0.1, 0.15) is 33.5 Å². The molecule has 1 aliphatic carbocycles. The van der Waals surface area contributed by atoms with Gasteiger partial charge in [0.25, 0.3) is 0 Å². The van der Waals surface area contributed by atoms with Gasteiger partial charge >= 0.3 is 0 Å². The molecule has 0 fully saturated rings. The van der Waals surface area contributed by atoms with Gasteiger partial charge in [0.2, 0.25) is 5.91 Å². The molecular formula is C24H22ClF2NO. The highest BCUT2D eigenvalue weighted by atomic mass is 35.5. The predicted molar refractivity (Wildman–Crippen MR) is 113 cm³/mol. The number of halogens is 3. The third-order valence-corrected chi connectivity index (χ3v) is 5.54. The number of rotatable bonds is 5. The van der Waals surface area contributed by atoms with E-state index >= 15 is 0 Å². The lowest BCUT2D eigenvalue weighted by molar-refractivity contribution is 0.100. The molecule has 3 aromatic rings. The van der Waals surface area contributed by atoms with Gasteiger partial charge in [-0.3, -0.25) is 4.79 Å². The van der Waals surface area contributed by atoms with Crippen LogP contribution in [0.5, 0.6) is 0 Å². The summed E-state index contributed by atoms with van der Waals surface area (Å²) in [6.45, 7) is 0. The highest BCUT2D eigenvalue weighted by Crippen LogP contribution is 2.31. The first-order valence-corrected chi connectivity index (χ1v) is 9.45. The number of amides is 1. The second kappa shape index (κ2) is 8.75. The maximum atomic E-state index is 14.6. The van der Waals surface area contributed by atoms with E-state index in [4.69, 9.17) is 5.73 Å².